The number of thioether (sulfide) groups is 1. The lowest BCUT2D eigenvalue weighted by molar-refractivity contribution is -0.116. The molecule has 11 heteroatoms. The molecule has 2 heterocycles. The number of amides is 2. The van der Waals surface area contributed by atoms with Crippen LogP contribution in [0.5, 0.6) is 17.2 Å². The second-order valence-corrected chi connectivity index (χ2v) is 11.4. The monoisotopic (exact) mass is 629 g/mol. The van der Waals surface area contributed by atoms with E-state index >= 15 is 0 Å². The predicted molar refractivity (Wildman–Crippen MR) is 175 cm³/mol. The lowest BCUT2D eigenvalue weighted by Gasteiger charge is -2.29. The van der Waals surface area contributed by atoms with Crippen LogP contribution in [0.2, 0.25) is 0 Å². The summed E-state index contributed by atoms with van der Waals surface area (Å²) in [5.74, 6) is 1.79. The first-order valence-electron chi connectivity index (χ1n) is 15.3. The van der Waals surface area contributed by atoms with Gasteiger partial charge in [0.1, 0.15) is 0 Å². The van der Waals surface area contributed by atoms with Gasteiger partial charge in [-0.1, -0.05) is 42.1 Å². The number of hydrogen-bond acceptors (Lipinski definition) is 8. The van der Waals surface area contributed by atoms with Crippen molar-refractivity contribution in [3.05, 3.63) is 83.2 Å². The van der Waals surface area contributed by atoms with Crippen LogP contribution in [-0.4, -0.2) is 58.7 Å². The Morgan fingerprint density at radius 1 is 0.911 bits per heavy atom. The second-order valence-electron chi connectivity index (χ2n) is 10.4. The number of fused-ring (bicyclic) bond motifs is 1. The van der Waals surface area contributed by atoms with Crippen LogP contribution >= 0.6 is 11.8 Å². The average molecular weight is 630 g/mol. The summed E-state index contributed by atoms with van der Waals surface area (Å²) in [6.45, 7) is 9.67. The Labute approximate surface area is 268 Å². The van der Waals surface area contributed by atoms with E-state index in [1.165, 1.54) is 17.3 Å². The van der Waals surface area contributed by atoms with Crippen molar-refractivity contribution < 1.29 is 23.8 Å². The van der Waals surface area contributed by atoms with Gasteiger partial charge in [0.25, 0.3) is 5.91 Å². The molecule has 3 aromatic carbocycles. The molecule has 2 amide bonds. The molecule has 4 aromatic rings. The third kappa shape index (κ3) is 7.42. The number of benzene rings is 3. The van der Waals surface area contributed by atoms with Gasteiger partial charge in [-0.25, -0.2) is 0 Å². The normalized spacial score (nSPS) is 12.4. The standard InChI is InChI=1S/C34H39N5O5S/c1-5-42-28-19-25(20-29(43-6-2)32(28)44-7-3)33(41)35-21-30-36-37-34(39(30)26-15-10-12-23(4)18-26)45-22-31(40)38-17-11-14-24-13-8-9-16-27(24)38/h8-10,12-13,15-16,18-20H,5-7,11,14,17,21-22H2,1-4H3,(H,35,41). The summed E-state index contributed by atoms with van der Waals surface area (Å²) < 4.78 is 19.2. The van der Waals surface area contributed by atoms with Crippen LogP contribution in [0.15, 0.2) is 65.8 Å². The maximum atomic E-state index is 13.4. The molecular weight excluding hydrogens is 590 g/mol. The van der Waals surface area contributed by atoms with Gasteiger partial charge in [-0.05, 0) is 82.0 Å². The van der Waals surface area contributed by atoms with Gasteiger partial charge in [0.15, 0.2) is 22.5 Å². The first-order valence-corrected chi connectivity index (χ1v) is 16.3. The summed E-state index contributed by atoms with van der Waals surface area (Å²) in [6, 6.07) is 19.3. The molecule has 0 aliphatic carbocycles. The first-order chi connectivity index (χ1) is 21.9. The van der Waals surface area contributed by atoms with E-state index in [-0.39, 0.29) is 24.1 Å². The van der Waals surface area contributed by atoms with Crippen molar-refractivity contribution in [2.24, 2.45) is 0 Å². The number of ether oxygens (including phenoxy) is 3. The summed E-state index contributed by atoms with van der Waals surface area (Å²) in [5.41, 5.74) is 4.45. The third-order valence-electron chi connectivity index (χ3n) is 7.27. The SMILES string of the molecule is CCOc1cc(C(=O)NCc2nnc(SCC(=O)N3CCCc4ccccc43)n2-c2cccc(C)c2)cc(OCC)c1OCC. The number of carbonyl (C=O) groups excluding carboxylic acids is 2. The van der Waals surface area contributed by atoms with Gasteiger partial charge in [0, 0.05) is 23.5 Å². The van der Waals surface area contributed by atoms with Gasteiger partial charge < -0.3 is 24.4 Å². The van der Waals surface area contributed by atoms with Crippen LogP contribution in [0.3, 0.4) is 0 Å². The minimum atomic E-state index is -0.327. The third-order valence-corrected chi connectivity index (χ3v) is 8.19. The molecule has 1 N–H and O–H groups in total. The predicted octanol–water partition coefficient (Wildman–Crippen LogP) is 5.77. The van der Waals surface area contributed by atoms with E-state index in [0.29, 0.717) is 60.2 Å². The van der Waals surface area contributed by atoms with E-state index in [1.54, 1.807) is 12.1 Å². The fourth-order valence-electron chi connectivity index (χ4n) is 5.31. The van der Waals surface area contributed by atoms with Crippen molar-refractivity contribution in [3.63, 3.8) is 0 Å². The lowest BCUT2D eigenvalue weighted by Crippen LogP contribution is -2.36. The van der Waals surface area contributed by atoms with Crippen LogP contribution in [0, 0.1) is 6.92 Å². The second kappa shape index (κ2) is 15.0. The van der Waals surface area contributed by atoms with Crippen LogP contribution in [-0.2, 0) is 17.8 Å². The number of rotatable bonds is 13. The molecule has 45 heavy (non-hydrogen) atoms. The van der Waals surface area contributed by atoms with Crippen LogP contribution in [0.1, 0.15) is 54.5 Å². The Kier molecular flexibility index (Phi) is 10.6. The van der Waals surface area contributed by atoms with Crippen molar-refractivity contribution in [2.45, 2.75) is 52.2 Å². The minimum absolute atomic E-state index is 0.0199. The number of para-hydroxylation sites is 1. The Balaban J connectivity index is 1.37. The Morgan fingerprint density at radius 2 is 1.64 bits per heavy atom. The molecule has 10 nitrogen and oxygen atoms in total. The van der Waals surface area contributed by atoms with Crippen molar-refractivity contribution in [1.29, 1.82) is 0 Å². The highest BCUT2D eigenvalue weighted by Crippen LogP contribution is 2.39. The highest BCUT2D eigenvalue weighted by Gasteiger charge is 2.24. The molecule has 0 bridgehead atoms. The van der Waals surface area contributed by atoms with E-state index in [4.69, 9.17) is 14.2 Å². The Hall–Kier alpha value is -4.51. The van der Waals surface area contributed by atoms with Crippen molar-refractivity contribution in [2.75, 3.05) is 37.0 Å². The summed E-state index contributed by atoms with van der Waals surface area (Å²) in [5, 5.41) is 12.4. The summed E-state index contributed by atoms with van der Waals surface area (Å²) in [4.78, 5) is 28.7. The fourth-order valence-corrected chi connectivity index (χ4v) is 6.16. The van der Waals surface area contributed by atoms with Crippen LogP contribution in [0.25, 0.3) is 5.69 Å². The van der Waals surface area contributed by atoms with Gasteiger partial charge >= 0.3 is 0 Å². The van der Waals surface area contributed by atoms with Gasteiger partial charge in [0.2, 0.25) is 11.7 Å². The summed E-state index contributed by atoms with van der Waals surface area (Å²) in [7, 11) is 0. The number of anilines is 1. The fraction of sp³-hybridized carbons (Fsp3) is 0.353. The molecule has 0 atom stereocenters. The molecule has 1 aliphatic rings. The van der Waals surface area contributed by atoms with E-state index in [9.17, 15) is 9.59 Å². The van der Waals surface area contributed by atoms with Crippen molar-refractivity contribution in [1.82, 2.24) is 20.1 Å². The van der Waals surface area contributed by atoms with Crippen LogP contribution < -0.4 is 24.4 Å². The van der Waals surface area contributed by atoms with Gasteiger partial charge in [-0.2, -0.15) is 0 Å². The number of nitrogens with zero attached hydrogens (tertiary/aromatic N) is 4. The Bertz CT molecular complexity index is 1630. The zero-order valence-corrected chi connectivity index (χ0v) is 27.0. The van der Waals surface area contributed by atoms with E-state index in [2.05, 4.69) is 21.6 Å². The molecular formula is C34H39N5O5S. The molecule has 5 rings (SSSR count). The Morgan fingerprint density at radius 3 is 2.36 bits per heavy atom. The number of aryl methyl sites for hydroxylation is 2. The molecule has 0 saturated heterocycles. The van der Waals surface area contributed by atoms with E-state index < -0.39 is 0 Å². The largest absolute Gasteiger partial charge is 0.490 e. The minimum Gasteiger partial charge on any atom is -0.490 e. The molecule has 236 valence electrons. The number of aromatic nitrogens is 3. The molecule has 0 spiro atoms. The van der Waals surface area contributed by atoms with E-state index in [0.717, 1.165) is 29.8 Å². The molecule has 0 radical (unpaired) electrons. The molecule has 0 fully saturated rings. The molecule has 0 unspecified atom stereocenters. The lowest BCUT2D eigenvalue weighted by atomic mass is 10.0. The van der Waals surface area contributed by atoms with Gasteiger partial charge in [0.05, 0.1) is 32.1 Å². The quantitative estimate of drug-likeness (QED) is 0.186. The topological polar surface area (TPSA) is 108 Å². The maximum absolute atomic E-state index is 13.4. The number of nitrogens with one attached hydrogen (secondary N) is 1. The van der Waals surface area contributed by atoms with Gasteiger partial charge in [-0.3, -0.25) is 14.2 Å². The van der Waals surface area contributed by atoms with E-state index in [1.807, 2.05) is 79.6 Å². The number of carbonyl (C=O) groups is 2. The summed E-state index contributed by atoms with van der Waals surface area (Å²) in [6.07, 6.45) is 1.91. The van der Waals surface area contributed by atoms with Crippen molar-refractivity contribution in [3.8, 4) is 22.9 Å². The zero-order chi connectivity index (χ0) is 31.8. The van der Waals surface area contributed by atoms with Crippen LogP contribution in [0.4, 0.5) is 5.69 Å². The summed E-state index contributed by atoms with van der Waals surface area (Å²) >= 11 is 1.34. The highest BCUT2D eigenvalue weighted by molar-refractivity contribution is 7.99. The average Bonchev–Trinajstić information content (AvgIpc) is 3.46. The molecule has 1 aliphatic heterocycles. The molecule has 0 saturated carbocycles. The maximum Gasteiger partial charge on any atom is 0.251 e. The zero-order valence-electron chi connectivity index (χ0n) is 26.2. The first kappa shape index (κ1) is 31.9. The smallest absolute Gasteiger partial charge is 0.251 e. The molecule has 1 aromatic heterocycles. The number of hydrogen-bond donors (Lipinski definition) is 1. The van der Waals surface area contributed by atoms with Gasteiger partial charge in [-0.15, -0.1) is 10.2 Å². The highest BCUT2D eigenvalue weighted by atomic mass is 32.2. The van der Waals surface area contributed by atoms with Crippen molar-refractivity contribution >= 4 is 29.3 Å².